The van der Waals surface area contributed by atoms with Crippen molar-refractivity contribution in [2.24, 2.45) is 0 Å². The summed E-state index contributed by atoms with van der Waals surface area (Å²) in [6.45, 7) is -0.203. The van der Waals surface area contributed by atoms with Crippen LogP contribution in [0.4, 0.5) is 21.6 Å². The fourth-order valence-corrected chi connectivity index (χ4v) is 3.38. The summed E-state index contributed by atoms with van der Waals surface area (Å²) in [5.41, 5.74) is 5.29. The molecule has 0 fully saturated rings. The van der Waals surface area contributed by atoms with E-state index in [0.29, 0.717) is 0 Å². The van der Waals surface area contributed by atoms with Crippen LogP contribution >= 0.6 is 11.6 Å². The van der Waals surface area contributed by atoms with Crippen molar-refractivity contribution in [2.45, 2.75) is 6.54 Å². The Morgan fingerprint density at radius 2 is 1.97 bits per heavy atom. The number of benzene rings is 2. The molecule has 3 aromatic rings. The second-order valence-electron chi connectivity index (χ2n) is 7.08. The van der Waals surface area contributed by atoms with Crippen LogP contribution in [-0.4, -0.2) is 42.3 Å². The highest BCUT2D eigenvalue weighted by Crippen LogP contribution is 2.21. The molecule has 0 bridgehead atoms. The minimum Gasteiger partial charge on any atom is -0.383 e. The van der Waals surface area contributed by atoms with E-state index >= 15 is 0 Å². The number of carbonyl (C=O) groups is 1. The summed E-state index contributed by atoms with van der Waals surface area (Å²) < 4.78 is 20.2. The number of nitrogens with one attached hydrogen (secondary N) is 2. The molecule has 1 heterocycles. The van der Waals surface area contributed by atoms with Crippen molar-refractivity contribution in [1.82, 2.24) is 9.55 Å². The molecule has 0 aliphatic carbocycles. The van der Waals surface area contributed by atoms with Crippen LogP contribution in [0.5, 0.6) is 0 Å². The molecule has 0 radical (unpaired) electrons. The van der Waals surface area contributed by atoms with Crippen LogP contribution in [0.2, 0.25) is 5.02 Å². The molecule has 0 saturated carbocycles. The molecule has 33 heavy (non-hydrogen) atoms. The predicted octanol–water partition coefficient (Wildman–Crippen LogP) is 2.05. The van der Waals surface area contributed by atoms with Gasteiger partial charge in [-0.1, -0.05) is 41.9 Å². The number of H-pyrrole nitrogens is 1. The Morgan fingerprint density at radius 1 is 1.24 bits per heavy atom. The van der Waals surface area contributed by atoms with E-state index in [2.05, 4.69) is 10.3 Å². The van der Waals surface area contributed by atoms with E-state index in [-0.39, 0.29) is 48.5 Å². The molecule has 0 saturated heterocycles. The summed E-state index contributed by atoms with van der Waals surface area (Å²) >= 11 is 5.89. The first-order valence-electron chi connectivity index (χ1n) is 9.96. The molecule has 1 aromatic heterocycles. The van der Waals surface area contributed by atoms with Gasteiger partial charge < -0.3 is 20.7 Å². The highest BCUT2D eigenvalue weighted by atomic mass is 35.5. The number of methoxy groups -OCH3 is 1. The first-order valence-corrected chi connectivity index (χ1v) is 10.3. The number of amides is 1. The number of nitrogen functional groups attached to an aromatic ring is 1. The average molecular weight is 476 g/mol. The van der Waals surface area contributed by atoms with Crippen LogP contribution in [0.15, 0.2) is 58.1 Å². The summed E-state index contributed by atoms with van der Waals surface area (Å²) in [6, 6.07) is 12.9. The molecular weight excluding hydrogens is 453 g/mol. The third-order valence-corrected chi connectivity index (χ3v) is 5.08. The number of aromatic amines is 1. The minimum atomic E-state index is -0.819. The van der Waals surface area contributed by atoms with Crippen molar-refractivity contribution in [3.63, 3.8) is 0 Å². The second kappa shape index (κ2) is 10.8. The van der Waals surface area contributed by atoms with Gasteiger partial charge in [0.05, 0.1) is 25.4 Å². The SMILES string of the molecule is COCCN(C(=O)CNc1cc(Cl)ccc1F)c1c(N)n(Cc2ccccc2)c(=O)[nH]c1=O. The molecule has 1 amide bonds. The quantitative estimate of drug-likeness (QED) is 0.435. The van der Waals surface area contributed by atoms with Crippen LogP contribution in [0, 0.1) is 5.82 Å². The van der Waals surface area contributed by atoms with Gasteiger partial charge in [-0.15, -0.1) is 0 Å². The number of rotatable bonds is 9. The van der Waals surface area contributed by atoms with Gasteiger partial charge in [-0.3, -0.25) is 19.1 Å². The van der Waals surface area contributed by atoms with Gasteiger partial charge in [0.15, 0.2) is 5.69 Å². The zero-order chi connectivity index (χ0) is 24.0. The molecule has 3 rings (SSSR count). The fourth-order valence-electron chi connectivity index (χ4n) is 3.20. The smallest absolute Gasteiger partial charge is 0.330 e. The van der Waals surface area contributed by atoms with Crippen LogP contribution in [0.3, 0.4) is 0 Å². The lowest BCUT2D eigenvalue weighted by molar-refractivity contribution is -0.117. The van der Waals surface area contributed by atoms with Crippen molar-refractivity contribution in [3.8, 4) is 0 Å². The number of hydrogen-bond donors (Lipinski definition) is 3. The summed E-state index contributed by atoms with van der Waals surface area (Å²) in [5.74, 6) is -1.36. The Morgan fingerprint density at radius 3 is 2.67 bits per heavy atom. The summed E-state index contributed by atoms with van der Waals surface area (Å²) in [7, 11) is 1.44. The molecule has 174 valence electrons. The van der Waals surface area contributed by atoms with Crippen molar-refractivity contribution in [3.05, 3.63) is 85.8 Å². The van der Waals surface area contributed by atoms with E-state index < -0.39 is 23.0 Å². The lowest BCUT2D eigenvalue weighted by Gasteiger charge is -2.24. The molecule has 0 unspecified atom stereocenters. The van der Waals surface area contributed by atoms with E-state index in [1.54, 1.807) is 24.3 Å². The van der Waals surface area contributed by atoms with Crippen LogP contribution in [0.1, 0.15) is 5.56 Å². The summed E-state index contributed by atoms with van der Waals surface area (Å²) in [6.07, 6.45) is 0. The molecular formula is C22H23ClFN5O4. The van der Waals surface area contributed by atoms with Gasteiger partial charge in [0.1, 0.15) is 11.6 Å². The number of ether oxygens (including phenoxy) is 1. The van der Waals surface area contributed by atoms with Crippen molar-refractivity contribution in [1.29, 1.82) is 0 Å². The van der Waals surface area contributed by atoms with Crippen molar-refractivity contribution < 1.29 is 13.9 Å². The maximum absolute atomic E-state index is 14.0. The van der Waals surface area contributed by atoms with Crippen LogP contribution in [-0.2, 0) is 16.1 Å². The van der Waals surface area contributed by atoms with Gasteiger partial charge in [-0.2, -0.15) is 0 Å². The topological polar surface area (TPSA) is 122 Å². The van der Waals surface area contributed by atoms with Crippen LogP contribution < -0.4 is 27.2 Å². The van der Waals surface area contributed by atoms with Gasteiger partial charge >= 0.3 is 5.69 Å². The number of aromatic nitrogens is 2. The second-order valence-corrected chi connectivity index (χ2v) is 7.52. The standard InChI is InChI=1S/C22H23ClFN5O4/c1-33-10-9-28(18(30)12-26-17-11-15(23)7-8-16(17)24)19-20(25)29(22(32)27-21(19)31)13-14-5-3-2-4-6-14/h2-8,11,26H,9-10,12-13,25H2,1H3,(H,27,31,32). The summed E-state index contributed by atoms with van der Waals surface area (Å²) in [5, 5.41) is 2.96. The Balaban J connectivity index is 1.94. The fraction of sp³-hybridized carbons (Fsp3) is 0.227. The normalized spacial score (nSPS) is 10.8. The number of nitrogens with zero attached hydrogens (tertiary/aromatic N) is 2. The maximum atomic E-state index is 14.0. The Bertz CT molecular complexity index is 1250. The highest BCUT2D eigenvalue weighted by molar-refractivity contribution is 6.30. The summed E-state index contributed by atoms with van der Waals surface area (Å²) in [4.78, 5) is 41.5. The molecule has 0 spiro atoms. The number of nitrogens with two attached hydrogens (primary N) is 1. The Hall–Kier alpha value is -3.63. The largest absolute Gasteiger partial charge is 0.383 e. The van der Waals surface area contributed by atoms with Gasteiger partial charge in [-0.05, 0) is 23.8 Å². The van der Waals surface area contributed by atoms with Gasteiger partial charge in [0, 0.05) is 18.7 Å². The number of anilines is 3. The molecule has 2 aromatic carbocycles. The van der Waals surface area contributed by atoms with Crippen LogP contribution in [0.25, 0.3) is 0 Å². The number of hydrogen-bond acceptors (Lipinski definition) is 6. The van der Waals surface area contributed by atoms with E-state index in [1.807, 2.05) is 6.07 Å². The van der Waals surface area contributed by atoms with E-state index in [0.717, 1.165) is 10.5 Å². The molecule has 0 aliphatic rings. The zero-order valence-corrected chi connectivity index (χ0v) is 18.6. The lowest BCUT2D eigenvalue weighted by Crippen LogP contribution is -2.44. The highest BCUT2D eigenvalue weighted by Gasteiger charge is 2.24. The zero-order valence-electron chi connectivity index (χ0n) is 17.8. The maximum Gasteiger partial charge on any atom is 0.330 e. The van der Waals surface area contributed by atoms with E-state index in [1.165, 1.54) is 29.9 Å². The minimum absolute atomic E-state index is 0.0220. The number of carbonyl (C=O) groups excluding carboxylic acids is 1. The first-order chi connectivity index (χ1) is 15.8. The third-order valence-electron chi connectivity index (χ3n) is 4.85. The lowest BCUT2D eigenvalue weighted by atomic mass is 10.2. The Labute approximate surface area is 193 Å². The van der Waals surface area contributed by atoms with Gasteiger partial charge in [-0.25, -0.2) is 9.18 Å². The van der Waals surface area contributed by atoms with Crippen molar-refractivity contribution >= 4 is 34.7 Å². The molecule has 9 nitrogen and oxygen atoms in total. The van der Waals surface area contributed by atoms with E-state index in [9.17, 15) is 18.8 Å². The number of halogens is 2. The molecule has 0 aliphatic heterocycles. The van der Waals surface area contributed by atoms with Gasteiger partial charge in [0.25, 0.3) is 5.56 Å². The molecule has 11 heteroatoms. The first kappa shape index (κ1) is 24.0. The van der Waals surface area contributed by atoms with Gasteiger partial charge in [0.2, 0.25) is 5.91 Å². The predicted molar refractivity (Wildman–Crippen MR) is 125 cm³/mol. The average Bonchev–Trinajstić information content (AvgIpc) is 2.79. The monoisotopic (exact) mass is 475 g/mol. The van der Waals surface area contributed by atoms with Crippen molar-refractivity contribution in [2.75, 3.05) is 42.8 Å². The van der Waals surface area contributed by atoms with E-state index in [4.69, 9.17) is 22.1 Å². The molecule has 4 N–H and O–H groups in total. The third kappa shape index (κ3) is 5.79. The molecule has 0 atom stereocenters. The Kier molecular flexibility index (Phi) is 7.86.